The lowest BCUT2D eigenvalue weighted by Gasteiger charge is -2.07. The van der Waals surface area contributed by atoms with Crippen LogP contribution >= 0.6 is 0 Å². The number of aromatic nitrogens is 1. The molecule has 0 saturated carbocycles. The lowest BCUT2D eigenvalue weighted by molar-refractivity contribution is 0.340. The Kier molecular flexibility index (Phi) is 6.78. The predicted molar refractivity (Wildman–Crippen MR) is 113 cm³/mol. The van der Waals surface area contributed by atoms with Crippen molar-refractivity contribution in [1.29, 1.82) is 0 Å². The molecule has 0 unspecified atom stereocenters. The van der Waals surface area contributed by atoms with E-state index in [1.165, 1.54) is 7.11 Å². The fourth-order valence-corrected chi connectivity index (χ4v) is 2.50. The number of aliphatic imine (C=N–C) groups is 1. The van der Waals surface area contributed by atoms with Crippen molar-refractivity contribution in [2.45, 2.75) is 6.92 Å². The van der Waals surface area contributed by atoms with Crippen molar-refractivity contribution in [2.24, 2.45) is 10.1 Å². The summed E-state index contributed by atoms with van der Waals surface area (Å²) in [5, 5.41) is 14.0. The molecule has 7 heteroatoms. The number of aromatic hydroxyl groups is 1. The number of amidine groups is 1. The normalized spacial score (nSPS) is 11.4. The third-order valence-electron chi connectivity index (χ3n) is 3.88. The summed E-state index contributed by atoms with van der Waals surface area (Å²) in [6, 6.07) is 18.0. The summed E-state index contributed by atoms with van der Waals surface area (Å²) >= 11 is 0. The van der Waals surface area contributed by atoms with E-state index in [4.69, 9.17) is 9.47 Å². The minimum absolute atomic E-state index is 0.0730. The average Bonchev–Trinajstić information content (AvgIpc) is 2.76. The number of methoxy groups -OCH3 is 1. The predicted octanol–water partition coefficient (Wildman–Crippen LogP) is 3.90. The molecule has 0 saturated heterocycles. The van der Waals surface area contributed by atoms with Gasteiger partial charge in [0.2, 0.25) is 0 Å². The van der Waals surface area contributed by atoms with Crippen LogP contribution in [0, 0.1) is 0 Å². The van der Waals surface area contributed by atoms with E-state index in [2.05, 4.69) is 20.5 Å². The molecule has 1 aromatic heterocycles. The van der Waals surface area contributed by atoms with Gasteiger partial charge >= 0.3 is 0 Å². The highest BCUT2D eigenvalue weighted by Gasteiger charge is 2.05. The highest BCUT2D eigenvalue weighted by Crippen LogP contribution is 2.25. The first-order chi connectivity index (χ1) is 14.2. The smallest absolute Gasteiger partial charge is 0.172 e. The molecular weight excluding hydrogens is 368 g/mol. The number of phenolic OH excluding ortho intramolecular Hbond substituents is 1. The van der Waals surface area contributed by atoms with Crippen LogP contribution in [0.3, 0.4) is 0 Å². The van der Waals surface area contributed by atoms with Crippen LogP contribution in [0.2, 0.25) is 0 Å². The molecule has 3 aromatic rings. The van der Waals surface area contributed by atoms with E-state index < -0.39 is 0 Å². The van der Waals surface area contributed by atoms with Crippen molar-refractivity contribution in [3.8, 4) is 17.2 Å². The van der Waals surface area contributed by atoms with Gasteiger partial charge in [-0.3, -0.25) is 10.4 Å². The fraction of sp³-hybridized carbons (Fsp3) is 0.136. The quantitative estimate of drug-likeness (QED) is 0.363. The van der Waals surface area contributed by atoms with Crippen LogP contribution in [0.5, 0.6) is 17.2 Å². The van der Waals surface area contributed by atoms with Crippen LogP contribution in [0.4, 0.5) is 5.69 Å². The van der Waals surface area contributed by atoms with Gasteiger partial charge in [0.1, 0.15) is 11.4 Å². The molecule has 0 radical (unpaired) electrons. The largest absolute Gasteiger partial charge is 0.504 e. The number of phenols is 1. The van der Waals surface area contributed by atoms with Gasteiger partial charge in [-0.1, -0.05) is 6.07 Å². The molecule has 0 atom stereocenters. The Hall–Kier alpha value is -3.87. The van der Waals surface area contributed by atoms with E-state index >= 15 is 0 Å². The molecule has 148 valence electrons. The molecule has 29 heavy (non-hydrogen) atoms. The second-order valence-electron chi connectivity index (χ2n) is 5.90. The molecule has 3 rings (SSSR count). The van der Waals surface area contributed by atoms with Gasteiger partial charge in [-0.2, -0.15) is 5.10 Å². The van der Waals surface area contributed by atoms with Crippen molar-refractivity contribution < 1.29 is 14.6 Å². The van der Waals surface area contributed by atoms with E-state index in [9.17, 15) is 5.11 Å². The van der Waals surface area contributed by atoms with Crippen LogP contribution in [-0.4, -0.2) is 35.9 Å². The first kappa shape index (κ1) is 19.9. The number of hydrogen-bond donors (Lipinski definition) is 2. The molecule has 0 bridgehead atoms. The lowest BCUT2D eigenvalue weighted by atomic mass is 10.2. The van der Waals surface area contributed by atoms with Gasteiger partial charge < -0.3 is 14.6 Å². The maximum Gasteiger partial charge on any atom is 0.172 e. The van der Waals surface area contributed by atoms with Crippen LogP contribution in [0.25, 0.3) is 0 Å². The minimum atomic E-state index is 0.0730. The number of rotatable bonds is 7. The molecule has 0 amide bonds. The van der Waals surface area contributed by atoms with E-state index in [-0.39, 0.29) is 5.75 Å². The van der Waals surface area contributed by atoms with Crippen molar-refractivity contribution >= 4 is 17.7 Å². The molecule has 7 nitrogen and oxygen atoms in total. The summed E-state index contributed by atoms with van der Waals surface area (Å²) < 4.78 is 10.6. The molecule has 0 aliphatic rings. The van der Waals surface area contributed by atoms with Crippen molar-refractivity contribution in [2.75, 3.05) is 13.7 Å². The first-order valence-electron chi connectivity index (χ1n) is 9.08. The number of nitrogens with zero attached hydrogens (tertiary/aromatic N) is 3. The number of hydrogen-bond acceptors (Lipinski definition) is 6. The highest BCUT2D eigenvalue weighted by molar-refractivity contribution is 5.99. The zero-order chi connectivity index (χ0) is 20.5. The monoisotopic (exact) mass is 390 g/mol. The van der Waals surface area contributed by atoms with Crippen LogP contribution in [0.15, 0.2) is 77.0 Å². The number of benzene rings is 2. The summed E-state index contributed by atoms with van der Waals surface area (Å²) in [4.78, 5) is 8.96. The summed E-state index contributed by atoms with van der Waals surface area (Å²) in [5.74, 6) is 1.74. The average molecular weight is 390 g/mol. The maximum atomic E-state index is 9.69. The molecule has 0 spiro atoms. The van der Waals surface area contributed by atoms with Gasteiger partial charge in [0.25, 0.3) is 0 Å². The Bertz CT molecular complexity index is 987. The van der Waals surface area contributed by atoms with E-state index in [0.29, 0.717) is 23.9 Å². The van der Waals surface area contributed by atoms with Gasteiger partial charge in [0, 0.05) is 6.20 Å². The van der Waals surface area contributed by atoms with Crippen LogP contribution in [0.1, 0.15) is 18.2 Å². The molecule has 0 fully saturated rings. The Balaban J connectivity index is 1.83. The van der Waals surface area contributed by atoms with Gasteiger partial charge in [0.05, 0.1) is 25.6 Å². The molecular formula is C22H22N4O3. The van der Waals surface area contributed by atoms with E-state index in [0.717, 1.165) is 17.0 Å². The Morgan fingerprint density at radius 2 is 1.97 bits per heavy atom. The summed E-state index contributed by atoms with van der Waals surface area (Å²) in [7, 11) is 1.50. The number of pyridine rings is 1. The molecule has 2 aromatic carbocycles. The zero-order valence-electron chi connectivity index (χ0n) is 16.2. The first-order valence-corrected chi connectivity index (χ1v) is 9.08. The summed E-state index contributed by atoms with van der Waals surface area (Å²) in [6.45, 7) is 2.55. The topological polar surface area (TPSA) is 88.3 Å². The van der Waals surface area contributed by atoms with E-state index in [1.807, 2.05) is 49.4 Å². The van der Waals surface area contributed by atoms with Crippen LogP contribution < -0.4 is 14.9 Å². The number of hydrazone groups is 1. The van der Waals surface area contributed by atoms with Gasteiger partial charge in [0.15, 0.2) is 17.3 Å². The second-order valence-corrected chi connectivity index (χ2v) is 5.90. The number of ether oxygens (including phenoxy) is 2. The SMILES string of the molecule is CCOc1ccc(N=C(N/N=C/c2ccc(O)c(OC)c2)c2ccccn2)cc1. The van der Waals surface area contributed by atoms with Crippen molar-refractivity contribution in [3.63, 3.8) is 0 Å². The third kappa shape index (κ3) is 5.55. The molecule has 2 N–H and O–H groups in total. The fourth-order valence-electron chi connectivity index (χ4n) is 2.50. The van der Waals surface area contributed by atoms with E-state index in [1.54, 1.807) is 30.6 Å². The van der Waals surface area contributed by atoms with Gasteiger partial charge in [-0.15, -0.1) is 0 Å². The Labute approximate surface area is 169 Å². The van der Waals surface area contributed by atoms with Crippen molar-refractivity contribution in [1.82, 2.24) is 10.4 Å². The number of nitrogens with one attached hydrogen (secondary N) is 1. The third-order valence-corrected chi connectivity index (χ3v) is 3.88. The summed E-state index contributed by atoms with van der Waals surface area (Å²) in [5.41, 5.74) is 5.10. The molecule has 1 heterocycles. The standard InChI is InChI=1S/C22H22N4O3/c1-3-29-18-10-8-17(9-11-18)25-22(19-6-4-5-13-23-19)26-24-15-16-7-12-20(27)21(14-16)28-2/h4-15,27H,3H2,1-2H3,(H,25,26)/b24-15+. The van der Waals surface area contributed by atoms with Gasteiger partial charge in [-0.25, -0.2) is 4.99 Å². The molecule has 0 aliphatic carbocycles. The minimum Gasteiger partial charge on any atom is -0.504 e. The van der Waals surface area contributed by atoms with Crippen LogP contribution in [-0.2, 0) is 0 Å². The maximum absolute atomic E-state index is 9.69. The summed E-state index contributed by atoms with van der Waals surface area (Å²) in [6.07, 6.45) is 3.30. The van der Waals surface area contributed by atoms with Crippen molar-refractivity contribution in [3.05, 3.63) is 78.1 Å². The Morgan fingerprint density at radius 3 is 2.66 bits per heavy atom. The zero-order valence-corrected chi connectivity index (χ0v) is 16.2. The Morgan fingerprint density at radius 1 is 1.14 bits per heavy atom. The second kappa shape index (κ2) is 9.89. The van der Waals surface area contributed by atoms with Gasteiger partial charge in [-0.05, 0) is 67.1 Å². The highest BCUT2D eigenvalue weighted by atomic mass is 16.5. The molecule has 0 aliphatic heterocycles. The lowest BCUT2D eigenvalue weighted by Crippen LogP contribution is -2.20.